The lowest BCUT2D eigenvalue weighted by atomic mass is 9.68. The SMILES string of the molecule is CC(C)(C)C1CCC(C(N)c2nn[nH]n2)CC1. The highest BCUT2D eigenvalue weighted by molar-refractivity contribution is 4.93. The molecule has 0 saturated heterocycles. The number of tetrazole rings is 1. The second-order valence-corrected chi connectivity index (χ2v) is 6.27. The first-order valence-corrected chi connectivity index (χ1v) is 6.47. The van der Waals surface area contributed by atoms with Gasteiger partial charge in [-0.1, -0.05) is 26.0 Å². The lowest BCUT2D eigenvalue weighted by Gasteiger charge is -2.38. The molecule has 1 atom stereocenters. The molecule has 5 heteroatoms. The Kier molecular flexibility index (Phi) is 3.47. The third-order valence-electron chi connectivity index (χ3n) is 4.16. The fraction of sp³-hybridized carbons (Fsp3) is 0.917. The van der Waals surface area contributed by atoms with E-state index >= 15 is 0 Å². The zero-order chi connectivity index (χ0) is 12.5. The van der Waals surface area contributed by atoms with Crippen LogP contribution < -0.4 is 5.73 Å². The molecule has 1 aliphatic carbocycles. The Morgan fingerprint density at radius 3 is 2.35 bits per heavy atom. The number of H-pyrrole nitrogens is 1. The van der Waals surface area contributed by atoms with E-state index in [2.05, 4.69) is 41.4 Å². The average molecular weight is 237 g/mol. The molecule has 0 aromatic carbocycles. The highest BCUT2D eigenvalue weighted by atomic mass is 15.5. The number of nitrogens with two attached hydrogens (primary N) is 1. The Morgan fingerprint density at radius 1 is 1.24 bits per heavy atom. The van der Waals surface area contributed by atoms with E-state index in [1.54, 1.807) is 0 Å². The lowest BCUT2D eigenvalue weighted by Crippen LogP contribution is -2.31. The molecule has 0 bridgehead atoms. The summed E-state index contributed by atoms with van der Waals surface area (Å²) in [5.74, 6) is 1.98. The van der Waals surface area contributed by atoms with Gasteiger partial charge in [0, 0.05) is 0 Å². The average Bonchev–Trinajstić information content (AvgIpc) is 2.80. The largest absolute Gasteiger partial charge is 0.321 e. The molecule has 3 N–H and O–H groups in total. The molecule has 96 valence electrons. The van der Waals surface area contributed by atoms with Gasteiger partial charge in [-0.05, 0) is 42.9 Å². The first-order chi connectivity index (χ1) is 7.98. The first kappa shape index (κ1) is 12.5. The highest BCUT2D eigenvalue weighted by Gasteiger charge is 2.33. The van der Waals surface area contributed by atoms with Gasteiger partial charge < -0.3 is 5.73 Å². The number of hydrogen-bond donors (Lipinski definition) is 2. The Labute approximate surface area is 103 Å². The van der Waals surface area contributed by atoms with E-state index in [-0.39, 0.29) is 6.04 Å². The van der Waals surface area contributed by atoms with Gasteiger partial charge in [0.1, 0.15) is 0 Å². The third kappa shape index (κ3) is 2.83. The van der Waals surface area contributed by atoms with Crippen molar-refractivity contribution in [3.63, 3.8) is 0 Å². The molecule has 1 aromatic rings. The van der Waals surface area contributed by atoms with Crippen molar-refractivity contribution in [3.8, 4) is 0 Å². The zero-order valence-corrected chi connectivity index (χ0v) is 11.0. The number of hydrogen-bond acceptors (Lipinski definition) is 4. The molecule has 1 heterocycles. The molecule has 1 aliphatic rings. The van der Waals surface area contributed by atoms with Gasteiger partial charge in [-0.25, -0.2) is 0 Å². The van der Waals surface area contributed by atoms with Crippen LogP contribution in [0.4, 0.5) is 0 Å². The number of rotatable bonds is 2. The van der Waals surface area contributed by atoms with E-state index in [1.807, 2.05) is 0 Å². The maximum Gasteiger partial charge on any atom is 0.191 e. The van der Waals surface area contributed by atoms with Crippen molar-refractivity contribution >= 4 is 0 Å². The van der Waals surface area contributed by atoms with Gasteiger partial charge in [0.25, 0.3) is 0 Å². The van der Waals surface area contributed by atoms with Gasteiger partial charge in [0.2, 0.25) is 0 Å². The highest BCUT2D eigenvalue weighted by Crippen LogP contribution is 2.42. The van der Waals surface area contributed by atoms with Crippen molar-refractivity contribution < 1.29 is 0 Å². The monoisotopic (exact) mass is 237 g/mol. The van der Waals surface area contributed by atoms with E-state index in [0.29, 0.717) is 17.2 Å². The maximum absolute atomic E-state index is 6.18. The quantitative estimate of drug-likeness (QED) is 0.825. The summed E-state index contributed by atoms with van der Waals surface area (Å²) in [5, 5.41) is 14.0. The summed E-state index contributed by atoms with van der Waals surface area (Å²) >= 11 is 0. The van der Waals surface area contributed by atoms with Crippen molar-refractivity contribution in [2.45, 2.75) is 52.5 Å². The summed E-state index contributed by atoms with van der Waals surface area (Å²) in [6, 6.07) is -0.0605. The van der Waals surface area contributed by atoms with Crippen molar-refractivity contribution in [1.82, 2.24) is 20.6 Å². The van der Waals surface area contributed by atoms with Gasteiger partial charge in [0.15, 0.2) is 5.82 Å². The standard InChI is InChI=1S/C12H23N5/c1-12(2,3)9-6-4-8(5-7-9)10(13)11-14-16-17-15-11/h8-10H,4-7,13H2,1-3H3,(H,14,15,16,17). The number of aromatic nitrogens is 4. The molecule has 0 aliphatic heterocycles. The molecule has 0 radical (unpaired) electrons. The van der Waals surface area contributed by atoms with Gasteiger partial charge in [-0.2, -0.15) is 5.21 Å². The molecular formula is C12H23N5. The number of nitrogens with one attached hydrogen (secondary N) is 1. The Hall–Kier alpha value is -0.970. The minimum Gasteiger partial charge on any atom is -0.321 e. The minimum absolute atomic E-state index is 0.0605. The zero-order valence-electron chi connectivity index (χ0n) is 11.0. The van der Waals surface area contributed by atoms with Crippen LogP contribution >= 0.6 is 0 Å². The van der Waals surface area contributed by atoms with E-state index in [1.165, 1.54) is 25.7 Å². The van der Waals surface area contributed by atoms with Crippen molar-refractivity contribution in [2.75, 3.05) is 0 Å². The predicted molar refractivity (Wildman–Crippen MR) is 66.0 cm³/mol. The second kappa shape index (κ2) is 4.72. The molecule has 5 nitrogen and oxygen atoms in total. The summed E-state index contributed by atoms with van der Waals surface area (Å²) in [6.45, 7) is 6.99. The summed E-state index contributed by atoms with van der Waals surface area (Å²) in [6.07, 6.45) is 4.88. The molecule has 1 unspecified atom stereocenters. The summed E-state index contributed by atoms with van der Waals surface area (Å²) in [5.41, 5.74) is 6.60. The van der Waals surface area contributed by atoms with Crippen LogP contribution in [0.5, 0.6) is 0 Å². The molecule has 2 rings (SSSR count). The topological polar surface area (TPSA) is 80.5 Å². The minimum atomic E-state index is -0.0605. The fourth-order valence-electron chi connectivity index (χ4n) is 2.87. The molecule has 1 saturated carbocycles. The molecule has 17 heavy (non-hydrogen) atoms. The summed E-state index contributed by atoms with van der Waals surface area (Å²) in [4.78, 5) is 0. The van der Waals surface area contributed by atoms with Crippen LogP contribution in [-0.4, -0.2) is 20.6 Å². The number of aromatic amines is 1. The van der Waals surface area contributed by atoms with Crippen molar-refractivity contribution in [2.24, 2.45) is 23.0 Å². The van der Waals surface area contributed by atoms with Gasteiger partial charge in [-0.15, -0.1) is 10.2 Å². The van der Waals surface area contributed by atoms with E-state index in [0.717, 1.165) is 5.92 Å². The third-order valence-corrected chi connectivity index (χ3v) is 4.16. The molecule has 0 amide bonds. The maximum atomic E-state index is 6.18. The van der Waals surface area contributed by atoms with Crippen molar-refractivity contribution in [1.29, 1.82) is 0 Å². The smallest absolute Gasteiger partial charge is 0.191 e. The molecule has 1 aromatic heterocycles. The Morgan fingerprint density at radius 2 is 1.88 bits per heavy atom. The van der Waals surface area contributed by atoms with E-state index < -0.39 is 0 Å². The number of nitrogens with zero attached hydrogens (tertiary/aromatic N) is 3. The Bertz CT molecular complexity index is 332. The van der Waals surface area contributed by atoms with Crippen LogP contribution in [0.15, 0.2) is 0 Å². The predicted octanol–water partition coefficient (Wildman–Crippen LogP) is 2.05. The van der Waals surface area contributed by atoms with E-state index in [9.17, 15) is 0 Å². The summed E-state index contributed by atoms with van der Waals surface area (Å²) in [7, 11) is 0. The second-order valence-electron chi connectivity index (χ2n) is 6.27. The Balaban J connectivity index is 1.91. The van der Waals surface area contributed by atoms with Gasteiger partial charge >= 0.3 is 0 Å². The normalized spacial score (nSPS) is 28.0. The van der Waals surface area contributed by atoms with Crippen LogP contribution in [0.1, 0.15) is 58.3 Å². The van der Waals surface area contributed by atoms with Crippen LogP contribution in [0.2, 0.25) is 0 Å². The van der Waals surface area contributed by atoms with Crippen LogP contribution in [-0.2, 0) is 0 Å². The van der Waals surface area contributed by atoms with Crippen LogP contribution in [0, 0.1) is 17.3 Å². The molecule has 0 spiro atoms. The molecule has 1 fully saturated rings. The van der Waals surface area contributed by atoms with Crippen LogP contribution in [0.3, 0.4) is 0 Å². The van der Waals surface area contributed by atoms with E-state index in [4.69, 9.17) is 5.73 Å². The van der Waals surface area contributed by atoms with Gasteiger partial charge in [0.05, 0.1) is 6.04 Å². The van der Waals surface area contributed by atoms with Crippen LogP contribution in [0.25, 0.3) is 0 Å². The van der Waals surface area contributed by atoms with Crippen molar-refractivity contribution in [3.05, 3.63) is 5.82 Å². The lowest BCUT2D eigenvalue weighted by molar-refractivity contribution is 0.138. The summed E-state index contributed by atoms with van der Waals surface area (Å²) < 4.78 is 0. The first-order valence-electron chi connectivity index (χ1n) is 6.47. The van der Waals surface area contributed by atoms with Gasteiger partial charge in [-0.3, -0.25) is 0 Å². The molecular weight excluding hydrogens is 214 g/mol. The fourth-order valence-corrected chi connectivity index (χ4v) is 2.87.